The SMILES string of the molecule is CC(=O)Nc1cc(S(=O)(=O)Oc2cc(C)cc(C(C)C)c2)ccc1C. The first-order chi connectivity index (χ1) is 11.6. The highest BCUT2D eigenvalue weighted by Gasteiger charge is 2.19. The summed E-state index contributed by atoms with van der Waals surface area (Å²) in [4.78, 5) is 11.3. The molecule has 5 nitrogen and oxygen atoms in total. The standard InChI is InChI=1S/C19H23NO4S/c1-12(2)16-8-13(3)9-17(10-16)24-25(22,23)18-7-6-14(4)19(11-18)20-15(5)21/h6-12H,1-5H3,(H,20,21). The van der Waals surface area contributed by atoms with Crippen molar-refractivity contribution in [2.75, 3.05) is 5.32 Å². The number of carbonyl (C=O) groups is 1. The summed E-state index contributed by atoms with van der Waals surface area (Å²) >= 11 is 0. The molecule has 0 bridgehead atoms. The van der Waals surface area contributed by atoms with E-state index in [0.29, 0.717) is 5.69 Å². The zero-order valence-electron chi connectivity index (χ0n) is 15.1. The second kappa shape index (κ2) is 7.27. The molecule has 1 amide bonds. The summed E-state index contributed by atoms with van der Waals surface area (Å²) in [6.45, 7) is 9.13. The van der Waals surface area contributed by atoms with Crippen molar-refractivity contribution < 1.29 is 17.4 Å². The number of hydrogen-bond acceptors (Lipinski definition) is 4. The third-order valence-corrected chi connectivity index (χ3v) is 5.00. The Morgan fingerprint density at radius 1 is 1.08 bits per heavy atom. The van der Waals surface area contributed by atoms with Crippen LogP contribution in [0.25, 0.3) is 0 Å². The summed E-state index contributed by atoms with van der Waals surface area (Å²) < 4.78 is 30.5. The Morgan fingerprint density at radius 2 is 1.76 bits per heavy atom. The van der Waals surface area contributed by atoms with Crippen molar-refractivity contribution in [1.82, 2.24) is 0 Å². The molecule has 25 heavy (non-hydrogen) atoms. The van der Waals surface area contributed by atoms with Crippen LogP contribution in [-0.4, -0.2) is 14.3 Å². The summed E-state index contributed by atoms with van der Waals surface area (Å²) in [6, 6.07) is 9.94. The number of amides is 1. The lowest BCUT2D eigenvalue weighted by Crippen LogP contribution is -2.12. The molecular formula is C19H23NO4S. The molecule has 0 aliphatic heterocycles. The number of benzene rings is 2. The highest BCUT2D eigenvalue weighted by Crippen LogP contribution is 2.27. The van der Waals surface area contributed by atoms with E-state index in [1.165, 1.54) is 19.1 Å². The van der Waals surface area contributed by atoms with E-state index in [0.717, 1.165) is 16.7 Å². The Balaban J connectivity index is 2.38. The van der Waals surface area contributed by atoms with E-state index < -0.39 is 10.1 Å². The van der Waals surface area contributed by atoms with E-state index in [1.54, 1.807) is 25.1 Å². The van der Waals surface area contributed by atoms with Crippen LogP contribution in [0, 0.1) is 13.8 Å². The van der Waals surface area contributed by atoms with Gasteiger partial charge < -0.3 is 9.50 Å². The maximum Gasteiger partial charge on any atom is 0.339 e. The Hall–Kier alpha value is -2.34. The van der Waals surface area contributed by atoms with E-state index >= 15 is 0 Å². The summed E-state index contributed by atoms with van der Waals surface area (Å²) in [5.74, 6) is 0.278. The van der Waals surface area contributed by atoms with Crippen molar-refractivity contribution in [2.45, 2.75) is 45.4 Å². The van der Waals surface area contributed by atoms with Crippen LogP contribution in [0.15, 0.2) is 41.3 Å². The van der Waals surface area contributed by atoms with Crippen LogP contribution in [0.2, 0.25) is 0 Å². The molecule has 0 saturated heterocycles. The van der Waals surface area contributed by atoms with Crippen molar-refractivity contribution >= 4 is 21.7 Å². The number of anilines is 1. The van der Waals surface area contributed by atoms with E-state index in [9.17, 15) is 13.2 Å². The fraction of sp³-hybridized carbons (Fsp3) is 0.316. The molecule has 0 spiro atoms. The van der Waals surface area contributed by atoms with Gasteiger partial charge in [0.2, 0.25) is 5.91 Å². The largest absolute Gasteiger partial charge is 0.379 e. The molecule has 1 N–H and O–H groups in total. The normalized spacial score (nSPS) is 11.4. The van der Waals surface area contributed by atoms with E-state index in [2.05, 4.69) is 5.32 Å². The van der Waals surface area contributed by atoms with Crippen molar-refractivity contribution in [3.63, 3.8) is 0 Å². The summed E-state index contributed by atoms with van der Waals surface area (Å²) in [7, 11) is -4.00. The highest BCUT2D eigenvalue weighted by molar-refractivity contribution is 7.87. The van der Waals surface area contributed by atoms with Gasteiger partial charge in [0.25, 0.3) is 0 Å². The fourth-order valence-corrected chi connectivity index (χ4v) is 3.36. The van der Waals surface area contributed by atoms with Crippen LogP contribution >= 0.6 is 0 Å². The Morgan fingerprint density at radius 3 is 2.36 bits per heavy atom. The number of carbonyl (C=O) groups excluding carboxylic acids is 1. The smallest absolute Gasteiger partial charge is 0.339 e. The quantitative estimate of drug-likeness (QED) is 0.812. The van der Waals surface area contributed by atoms with Gasteiger partial charge in [0.1, 0.15) is 10.6 Å². The molecule has 0 fully saturated rings. The first-order valence-electron chi connectivity index (χ1n) is 8.03. The molecule has 2 aromatic carbocycles. The van der Waals surface area contributed by atoms with Crippen LogP contribution in [-0.2, 0) is 14.9 Å². The van der Waals surface area contributed by atoms with Crippen LogP contribution in [0.5, 0.6) is 5.75 Å². The molecule has 0 heterocycles. The first-order valence-corrected chi connectivity index (χ1v) is 9.43. The van der Waals surface area contributed by atoms with Crippen molar-refractivity contribution in [2.24, 2.45) is 0 Å². The molecule has 0 aliphatic rings. The molecule has 0 radical (unpaired) electrons. The Bertz CT molecular complexity index is 902. The topological polar surface area (TPSA) is 72.5 Å². The molecule has 0 unspecified atom stereocenters. The number of nitrogens with one attached hydrogen (secondary N) is 1. The maximum absolute atomic E-state index is 12.6. The third kappa shape index (κ3) is 4.82. The Kier molecular flexibility index (Phi) is 5.52. The lowest BCUT2D eigenvalue weighted by atomic mass is 10.0. The minimum absolute atomic E-state index is 0.00514. The summed E-state index contributed by atoms with van der Waals surface area (Å²) in [5, 5.41) is 2.62. The summed E-state index contributed by atoms with van der Waals surface area (Å²) in [6.07, 6.45) is 0. The van der Waals surface area contributed by atoms with Crippen molar-refractivity contribution in [3.05, 3.63) is 53.1 Å². The van der Waals surface area contributed by atoms with Gasteiger partial charge in [0, 0.05) is 12.6 Å². The zero-order valence-corrected chi connectivity index (χ0v) is 15.9. The minimum Gasteiger partial charge on any atom is -0.379 e. The number of hydrogen-bond donors (Lipinski definition) is 1. The lowest BCUT2D eigenvalue weighted by molar-refractivity contribution is -0.114. The van der Waals surface area contributed by atoms with Gasteiger partial charge in [-0.2, -0.15) is 8.42 Å². The maximum atomic E-state index is 12.6. The molecule has 0 saturated carbocycles. The predicted octanol–water partition coefficient (Wildman–Crippen LogP) is 4.15. The van der Waals surface area contributed by atoms with Crippen LogP contribution in [0.4, 0.5) is 5.69 Å². The summed E-state index contributed by atoms with van der Waals surface area (Å²) in [5.41, 5.74) is 3.16. The molecule has 134 valence electrons. The molecule has 2 aromatic rings. The number of aryl methyl sites for hydroxylation is 2. The lowest BCUT2D eigenvalue weighted by Gasteiger charge is -2.13. The van der Waals surface area contributed by atoms with Crippen molar-refractivity contribution in [3.8, 4) is 5.75 Å². The molecule has 0 aliphatic carbocycles. The van der Waals surface area contributed by atoms with Gasteiger partial charge in [-0.1, -0.05) is 26.0 Å². The van der Waals surface area contributed by atoms with Crippen molar-refractivity contribution in [1.29, 1.82) is 0 Å². The first kappa shape index (κ1) is 19.0. The predicted molar refractivity (Wildman–Crippen MR) is 98.6 cm³/mol. The molecule has 2 rings (SSSR count). The highest BCUT2D eigenvalue weighted by atomic mass is 32.2. The van der Waals surface area contributed by atoms with Gasteiger partial charge in [-0.3, -0.25) is 4.79 Å². The van der Waals surface area contributed by atoms with Gasteiger partial charge in [0.15, 0.2) is 0 Å². The molecular weight excluding hydrogens is 338 g/mol. The van der Waals surface area contributed by atoms with E-state index in [-0.39, 0.29) is 22.5 Å². The Labute approximate surface area is 149 Å². The second-order valence-electron chi connectivity index (χ2n) is 6.43. The van der Waals surface area contributed by atoms with Gasteiger partial charge >= 0.3 is 10.1 Å². The zero-order chi connectivity index (χ0) is 18.8. The second-order valence-corrected chi connectivity index (χ2v) is 7.98. The molecule has 0 atom stereocenters. The van der Waals surface area contributed by atoms with Gasteiger partial charge in [-0.25, -0.2) is 0 Å². The average molecular weight is 361 g/mol. The van der Waals surface area contributed by atoms with Crippen LogP contribution in [0.1, 0.15) is 43.4 Å². The number of rotatable bonds is 5. The molecule has 6 heteroatoms. The fourth-order valence-electron chi connectivity index (χ4n) is 2.41. The van der Waals surface area contributed by atoms with Gasteiger partial charge in [0.05, 0.1) is 0 Å². The average Bonchev–Trinajstić information content (AvgIpc) is 2.47. The van der Waals surface area contributed by atoms with Gasteiger partial charge in [-0.15, -0.1) is 0 Å². The van der Waals surface area contributed by atoms with Crippen LogP contribution < -0.4 is 9.50 Å². The third-order valence-electron chi connectivity index (χ3n) is 3.75. The molecule has 0 aromatic heterocycles. The monoisotopic (exact) mass is 361 g/mol. The minimum atomic E-state index is -4.00. The van der Waals surface area contributed by atoms with Gasteiger partial charge in [-0.05, 0) is 60.7 Å². The van der Waals surface area contributed by atoms with E-state index in [1.807, 2.05) is 26.8 Å². The van der Waals surface area contributed by atoms with Crippen LogP contribution in [0.3, 0.4) is 0 Å². The van der Waals surface area contributed by atoms with E-state index in [4.69, 9.17) is 4.18 Å².